The molecule has 8 nitrogen and oxygen atoms in total. The average Bonchev–Trinajstić information content (AvgIpc) is 3.57. The number of nitrogens with one attached hydrogen (secondary N) is 2. The van der Waals surface area contributed by atoms with Crippen molar-refractivity contribution in [2.45, 2.75) is 32.2 Å². The largest absolute Gasteiger partial charge is 0.478 e. The number of carboxylic acids is 1. The number of aliphatic carboxylic acids is 1. The monoisotopic (exact) mass is 480 g/mol. The first-order valence-electron chi connectivity index (χ1n) is 12.1. The molecule has 3 N–H and O–H groups in total. The van der Waals surface area contributed by atoms with Crippen LogP contribution in [0.4, 0.5) is 0 Å². The van der Waals surface area contributed by atoms with Gasteiger partial charge in [-0.1, -0.05) is 92.2 Å². The van der Waals surface area contributed by atoms with Gasteiger partial charge in [0.25, 0.3) is 0 Å². The van der Waals surface area contributed by atoms with Gasteiger partial charge in [-0.25, -0.2) is 9.80 Å². The maximum atomic E-state index is 12.5. The third kappa shape index (κ3) is 4.76. The molecule has 0 radical (unpaired) electrons. The van der Waals surface area contributed by atoms with Crippen molar-refractivity contribution >= 4 is 11.7 Å². The Balaban J connectivity index is 1.45. The molecule has 0 saturated heterocycles. The summed E-state index contributed by atoms with van der Waals surface area (Å²) in [6.45, 7) is 2.91. The van der Waals surface area contributed by atoms with E-state index in [1.807, 2.05) is 54.6 Å². The third-order valence-electron chi connectivity index (χ3n) is 6.49. The number of nitrogens with zero attached hydrogens (tertiary/aromatic N) is 4. The number of aromatic nitrogens is 4. The molecule has 2 heterocycles. The van der Waals surface area contributed by atoms with Crippen molar-refractivity contribution in [3.05, 3.63) is 95.6 Å². The van der Waals surface area contributed by atoms with Crippen LogP contribution in [0.15, 0.2) is 84.4 Å². The van der Waals surface area contributed by atoms with Gasteiger partial charge in [0.15, 0.2) is 0 Å². The van der Waals surface area contributed by atoms with E-state index < -0.39 is 5.97 Å². The molecule has 1 aromatic heterocycles. The summed E-state index contributed by atoms with van der Waals surface area (Å²) in [6.07, 6.45) is 2.59. The van der Waals surface area contributed by atoms with Crippen LogP contribution in [-0.2, 0) is 11.2 Å². The van der Waals surface area contributed by atoms with Gasteiger partial charge in [-0.2, -0.15) is 5.21 Å². The maximum absolute atomic E-state index is 12.5. The van der Waals surface area contributed by atoms with Crippen molar-refractivity contribution in [3.8, 4) is 22.5 Å². The summed E-state index contributed by atoms with van der Waals surface area (Å²) in [5.74, 6) is -0.348. The van der Waals surface area contributed by atoms with Gasteiger partial charge >= 0.3 is 5.97 Å². The normalized spacial score (nSPS) is 15.8. The Hall–Kier alpha value is -4.30. The first-order chi connectivity index (χ1) is 17.7. The zero-order valence-electron chi connectivity index (χ0n) is 20.1. The number of H-pyrrole nitrogens is 1. The molecule has 1 unspecified atom stereocenters. The molecule has 0 bridgehead atoms. The van der Waals surface area contributed by atoms with E-state index in [1.165, 1.54) is 0 Å². The second-order valence-corrected chi connectivity index (χ2v) is 8.82. The Morgan fingerprint density at radius 2 is 1.67 bits per heavy atom. The van der Waals surface area contributed by atoms with Gasteiger partial charge in [-0.15, -0.1) is 10.2 Å². The zero-order chi connectivity index (χ0) is 24.9. The van der Waals surface area contributed by atoms with Crippen LogP contribution in [0, 0.1) is 0 Å². The molecule has 3 aromatic carbocycles. The molecule has 1 atom stereocenters. The third-order valence-corrected chi connectivity index (χ3v) is 6.49. The fourth-order valence-electron chi connectivity index (χ4n) is 4.68. The number of rotatable bonds is 9. The molecule has 4 aromatic rings. The molecule has 8 heteroatoms. The lowest BCUT2D eigenvalue weighted by Gasteiger charge is -2.26. The van der Waals surface area contributed by atoms with E-state index in [0.717, 1.165) is 47.2 Å². The van der Waals surface area contributed by atoms with Gasteiger partial charge in [-0.3, -0.25) is 0 Å². The Morgan fingerprint density at radius 1 is 0.944 bits per heavy atom. The summed E-state index contributed by atoms with van der Waals surface area (Å²) in [5, 5.41) is 26.7. The van der Waals surface area contributed by atoms with Crippen LogP contribution in [-0.4, -0.2) is 49.3 Å². The Kier molecular flexibility index (Phi) is 6.86. The lowest BCUT2D eigenvalue weighted by atomic mass is 9.94. The molecular formula is C28H28N6O2. The quantitative estimate of drug-likeness (QED) is 0.322. The highest BCUT2D eigenvalue weighted by Gasteiger charge is 2.37. The molecule has 0 spiro atoms. The summed E-state index contributed by atoms with van der Waals surface area (Å²) in [7, 11) is 0. The minimum atomic E-state index is -0.893. The van der Waals surface area contributed by atoms with Gasteiger partial charge in [0.05, 0.1) is 17.3 Å². The van der Waals surface area contributed by atoms with Crippen molar-refractivity contribution in [2.75, 3.05) is 6.54 Å². The number of carbonyl (C=O) groups is 1. The fourth-order valence-corrected chi connectivity index (χ4v) is 4.68. The van der Waals surface area contributed by atoms with E-state index in [9.17, 15) is 9.90 Å². The van der Waals surface area contributed by atoms with Crippen molar-refractivity contribution in [1.82, 2.24) is 31.1 Å². The summed E-state index contributed by atoms with van der Waals surface area (Å²) in [4.78, 5) is 12.5. The van der Waals surface area contributed by atoms with Gasteiger partial charge in [0.1, 0.15) is 0 Å². The van der Waals surface area contributed by atoms with Crippen LogP contribution >= 0.6 is 0 Å². The van der Waals surface area contributed by atoms with Crippen LogP contribution in [0.1, 0.15) is 30.9 Å². The minimum absolute atomic E-state index is 0.276. The minimum Gasteiger partial charge on any atom is -0.478 e. The Labute approximate surface area is 209 Å². The highest BCUT2D eigenvalue weighted by molar-refractivity contribution is 5.98. The topological polar surface area (TPSA) is 107 Å². The first-order valence-corrected chi connectivity index (χ1v) is 12.1. The Morgan fingerprint density at radius 3 is 2.33 bits per heavy atom. The Bertz CT molecular complexity index is 1350. The zero-order valence-corrected chi connectivity index (χ0v) is 20.1. The molecule has 182 valence electrons. The van der Waals surface area contributed by atoms with E-state index in [1.54, 1.807) is 0 Å². The number of hydrogen-bond donors (Lipinski definition) is 3. The number of hydrogen-bond acceptors (Lipinski definition) is 6. The lowest BCUT2D eigenvalue weighted by molar-refractivity contribution is -0.133. The predicted octanol–water partition coefficient (Wildman–Crippen LogP) is 4.56. The summed E-state index contributed by atoms with van der Waals surface area (Å²) >= 11 is 0. The average molecular weight is 481 g/mol. The molecule has 5 rings (SSSR count). The van der Waals surface area contributed by atoms with Gasteiger partial charge in [0.2, 0.25) is 5.82 Å². The van der Waals surface area contributed by atoms with E-state index in [0.29, 0.717) is 23.5 Å². The molecule has 0 saturated carbocycles. The molecule has 0 aliphatic carbocycles. The number of aromatic amines is 1. The van der Waals surface area contributed by atoms with Crippen LogP contribution in [0.5, 0.6) is 0 Å². The van der Waals surface area contributed by atoms with Gasteiger partial charge < -0.3 is 10.5 Å². The summed E-state index contributed by atoms with van der Waals surface area (Å²) in [6, 6.07) is 25.6. The van der Waals surface area contributed by atoms with E-state index in [-0.39, 0.29) is 6.04 Å². The van der Waals surface area contributed by atoms with Crippen LogP contribution in [0.25, 0.3) is 28.2 Å². The molecule has 1 aliphatic rings. The molecule has 1 aliphatic heterocycles. The standard InChI is InChI=1S/C28H28N6O2/c1-2-3-17-34-24(25(28(35)36)26(31-34)21-9-5-4-6-10-21)18-19-13-15-20(16-14-19)22-11-7-8-12-23(22)27-29-32-33-30-27/h4-16,24,31H,2-3,17-18H2,1H3,(H,35,36)(H,29,30,32,33). The van der Waals surface area contributed by atoms with Crippen molar-refractivity contribution < 1.29 is 9.90 Å². The first kappa shape index (κ1) is 23.4. The lowest BCUT2D eigenvalue weighted by Crippen LogP contribution is -2.41. The van der Waals surface area contributed by atoms with Crippen molar-refractivity contribution in [1.29, 1.82) is 0 Å². The number of benzene rings is 3. The maximum Gasteiger partial charge on any atom is 0.335 e. The highest BCUT2D eigenvalue weighted by atomic mass is 16.4. The highest BCUT2D eigenvalue weighted by Crippen LogP contribution is 2.33. The second-order valence-electron chi connectivity index (χ2n) is 8.82. The van der Waals surface area contributed by atoms with Crippen LogP contribution < -0.4 is 5.43 Å². The fraction of sp³-hybridized carbons (Fsp3) is 0.214. The summed E-state index contributed by atoms with van der Waals surface area (Å²) < 4.78 is 0. The number of unbranched alkanes of at least 4 members (excludes halogenated alkanes) is 1. The predicted molar refractivity (Wildman–Crippen MR) is 138 cm³/mol. The van der Waals surface area contributed by atoms with E-state index in [2.05, 4.69) is 62.2 Å². The van der Waals surface area contributed by atoms with E-state index in [4.69, 9.17) is 0 Å². The van der Waals surface area contributed by atoms with Crippen LogP contribution in [0.3, 0.4) is 0 Å². The van der Waals surface area contributed by atoms with Crippen molar-refractivity contribution in [2.24, 2.45) is 0 Å². The smallest absolute Gasteiger partial charge is 0.335 e. The molecule has 0 fully saturated rings. The second kappa shape index (κ2) is 10.5. The number of tetrazole rings is 1. The van der Waals surface area contributed by atoms with Gasteiger partial charge in [-0.05, 0) is 40.3 Å². The summed E-state index contributed by atoms with van der Waals surface area (Å²) in [5.41, 5.74) is 9.38. The van der Waals surface area contributed by atoms with Crippen molar-refractivity contribution in [3.63, 3.8) is 0 Å². The van der Waals surface area contributed by atoms with Crippen LogP contribution in [0.2, 0.25) is 0 Å². The molecule has 0 amide bonds. The number of carboxylic acid groups (broad SMARTS) is 1. The molecule has 36 heavy (non-hydrogen) atoms. The number of hydrazine groups is 1. The van der Waals surface area contributed by atoms with Gasteiger partial charge in [0, 0.05) is 12.1 Å². The van der Waals surface area contributed by atoms with E-state index >= 15 is 0 Å². The molecular weight excluding hydrogens is 452 g/mol. The SMILES string of the molecule is CCCCN1NC(c2ccccc2)=C(C(=O)O)C1Cc1ccc(-c2ccccc2-c2nn[nH]n2)cc1.